The molecule has 1 heterocycles. The van der Waals surface area contributed by atoms with Crippen LogP contribution in [0.4, 0.5) is 0 Å². The number of hydrogen-bond donors (Lipinski definition) is 1. The zero-order valence-corrected chi connectivity index (χ0v) is 12.5. The van der Waals surface area contributed by atoms with Gasteiger partial charge in [0.25, 0.3) is 0 Å². The van der Waals surface area contributed by atoms with Crippen LogP contribution >= 0.6 is 0 Å². The van der Waals surface area contributed by atoms with Gasteiger partial charge in [-0.1, -0.05) is 33.1 Å². The molecule has 1 saturated carbocycles. The monoisotopic (exact) mass is 263 g/mol. The topological polar surface area (TPSA) is 43.8 Å². The summed E-state index contributed by atoms with van der Waals surface area (Å²) in [5.74, 6) is 0.583. The molecule has 3 nitrogen and oxygen atoms in total. The van der Waals surface area contributed by atoms with Gasteiger partial charge in [-0.3, -0.25) is 4.68 Å². The van der Waals surface area contributed by atoms with E-state index in [0.29, 0.717) is 18.0 Å². The molecule has 2 rings (SSSR count). The largest absolute Gasteiger partial charge is 0.327 e. The standard InChI is InChI=1S/C16H29N3/c1-13(2)16(17)10-6-7-14-11-12-19(18-14)15-8-4-3-5-9-15/h11-13,15-16H,3-10,17H2,1-2H3. The van der Waals surface area contributed by atoms with E-state index in [1.165, 1.54) is 37.8 Å². The Morgan fingerprint density at radius 1 is 1.32 bits per heavy atom. The molecule has 2 N–H and O–H groups in total. The van der Waals surface area contributed by atoms with Crippen molar-refractivity contribution in [3.63, 3.8) is 0 Å². The first-order chi connectivity index (χ1) is 9.16. The van der Waals surface area contributed by atoms with Crippen molar-refractivity contribution in [1.29, 1.82) is 0 Å². The van der Waals surface area contributed by atoms with Gasteiger partial charge in [0.2, 0.25) is 0 Å². The summed E-state index contributed by atoms with van der Waals surface area (Å²) >= 11 is 0. The minimum absolute atomic E-state index is 0.334. The van der Waals surface area contributed by atoms with Crippen molar-refractivity contribution in [3.05, 3.63) is 18.0 Å². The lowest BCUT2D eigenvalue weighted by atomic mass is 9.96. The number of aryl methyl sites for hydroxylation is 1. The Morgan fingerprint density at radius 2 is 2.05 bits per heavy atom. The van der Waals surface area contributed by atoms with Gasteiger partial charge in [0.05, 0.1) is 11.7 Å². The molecule has 1 unspecified atom stereocenters. The van der Waals surface area contributed by atoms with Gasteiger partial charge in [-0.15, -0.1) is 0 Å². The fourth-order valence-electron chi connectivity index (χ4n) is 2.91. The molecule has 0 saturated heterocycles. The normalized spacial score (nSPS) is 18.9. The predicted molar refractivity (Wildman–Crippen MR) is 80.1 cm³/mol. The molecule has 19 heavy (non-hydrogen) atoms. The maximum atomic E-state index is 6.08. The second-order valence-corrected chi connectivity index (χ2v) is 6.38. The van der Waals surface area contributed by atoms with E-state index in [1.54, 1.807) is 0 Å². The first-order valence-corrected chi connectivity index (χ1v) is 7.96. The van der Waals surface area contributed by atoms with Crippen LogP contribution in [0.3, 0.4) is 0 Å². The highest BCUT2D eigenvalue weighted by molar-refractivity contribution is 5.00. The Morgan fingerprint density at radius 3 is 2.74 bits per heavy atom. The van der Waals surface area contributed by atoms with E-state index in [-0.39, 0.29) is 0 Å². The van der Waals surface area contributed by atoms with Crippen LogP contribution in [0.1, 0.15) is 70.5 Å². The second kappa shape index (κ2) is 7.09. The summed E-state index contributed by atoms with van der Waals surface area (Å²) in [6.07, 6.45) is 12.2. The fraction of sp³-hybridized carbons (Fsp3) is 0.812. The van der Waals surface area contributed by atoms with Crippen molar-refractivity contribution < 1.29 is 0 Å². The van der Waals surface area contributed by atoms with Crippen LogP contribution in [0.25, 0.3) is 0 Å². The quantitative estimate of drug-likeness (QED) is 0.850. The van der Waals surface area contributed by atoms with Crippen molar-refractivity contribution in [2.45, 2.75) is 77.3 Å². The van der Waals surface area contributed by atoms with E-state index in [2.05, 4.69) is 30.8 Å². The number of rotatable bonds is 6. The van der Waals surface area contributed by atoms with E-state index in [1.807, 2.05) is 0 Å². The zero-order chi connectivity index (χ0) is 13.7. The summed E-state index contributed by atoms with van der Waals surface area (Å²) in [7, 11) is 0. The number of hydrogen-bond acceptors (Lipinski definition) is 2. The first-order valence-electron chi connectivity index (χ1n) is 7.96. The summed E-state index contributed by atoms with van der Waals surface area (Å²) < 4.78 is 2.21. The SMILES string of the molecule is CC(C)C(N)CCCc1ccn(C2CCCCC2)n1. The van der Waals surface area contributed by atoms with Crippen molar-refractivity contribution in [3.8, 4) is 0 Å². The summed E-state index contributed by atoms with van der Waals surface area (Å²) in [4.78, 5) is 0. The summed E-state index contributed by atoms with van der Waals surface area (Å²) in [5.41, 5.74) is 7.31. The molecule has 3 heteroatoms. The lowest BCUT2D eigenvalue weighted by molar-refractivity contribution is 0.328. The highest BCUT2D eigenvalue weighted by Gasteiger charge is 2.16. The Kier molecular flexibility index (Phi) is 5.44. The second-order valence-electron chi connectivity index (χ2n) is 6.38. The molecule has 0 spiro atoms. The average molecular weight is 263 g/mol. The molecule has 0 aliphatic heterocycles. The van der Waals surface area contributed by atoms with Crippen LogP contribution in [0, 0.1) is 5.92 Å². The molecular weight excluding hydrogens is 234 g/mol. The van der Waals surface area contributed by atoms with Crippen molar-refractivity contribution in [2.75, 3.05) is 0 Å². The molecule has 1 atom stereocenters. The Labute approximate surface area is 117 Å². The van der Waals surface area contributed by atoms with Gasteiger partial charge in [0, 0.05) is 12.2 Å². The van der Waals surface area contributed by atoms with Crippen LogP contribution < -0.4 is 5.73 Å². The van der Waals surface area contributed by atoms with Gasteiger partial charge < -0.3 is 5.73 Å². The molecule has 0 aromatic carbocycles. The molecule has 1 aromatic rings. The van der Waals surface area contributed by atoms with Gasteiger partial charge in [-0.25, -0.2) is 0 Å². The van der Waals surface area contributed by atoms with E-state index in [4.69, 9.17) is 10.8 Å². The van der Waals surface area contributed by atoms with Gasteiger partial charge >= 0.3 is 0 Å². The van der Waals surface area contributed by atoms with Crippen molar-refractivity contribution in [2.24, 2.45) is 11.7 Å². The van der Waals surface area contributed by atoms with E-state index < -0.39 is 0 Å². The summed E-state index contributed by atoms with van der Waals surface area (Å²) in [6.45, 7) is 4.39. The van der Waals surface area contributed by atoms with Crippen molar-refractivity contribution in [1.82, 2.24) is 9.78 Å². The molecular formula is C16H29N3. The number of nitrogens with zero attached hydrogens (tertiary/aromatic N) is 2. The zero-order valence-electron chi connectivity index (χ0n) is 12.5. The minimum Gasteiger partial charge on any atom is -0.327 e. The molecule has 0 bridgehead atoms. The van der Waals surface area contributed by atoms with E-state index in [9.17, 15) is 0 Å². The van der Waals surface area contributed by atoms with Crippen LogP contribution in [0.5, 0.6) is 0 Å². The van der Waals surface area contributed by atoms with Crippen LogP contribution in [-0.4, -0.2) is 15.8 Å². The Bertz CT molecular complexity index is 364. The maximum Gasteiger partial charge on any atom is 0.0624 e. The van der Waals surface area contributed by atoms with Crippen LogP contribution in [-0.2, 0) is 6.42 Å². The van der Waals surface area contributed by atoms with Crippen LogP contribution in [0.15, 0.2) is 12.3 Å². The van der Waals surface area contributed by atoms with Crippen LogP contribution in [0.2, 0.25) is 0 Å². The molecule has 1 aliphatic carbocycles. The highest BCUT2D eigenvalue weighted by Crippen LogP contribution is 2.27. The third-order valence-electron chi connectivity index (χ3n) is 4.44. The predicted octanol–water partition coefficient (Wildman–Crippen LogP) is 3.69. The lowest BCUT2D eigenvalue weighted by Gasteiger charge is -2.21. The molecule has 1 aliphatic rings. The third-order valence-corrected chi connectivity index (χ3v) is 4.44. The third kappa shape index (κ3) is 4.34. The molecule has 108 valence electrons. The van der Waals surface area contributed by atoms with Crippen molar-refractivity contribution >= 4 is 0 Å². The smallest absolute Gasteiger partial charge is 0.0624 e. The van der Waals surface area contributed by atoms with Gasteiger partial charge in [-0.2, -0.15) is 5.10 Å². The molecule has 0 amide bonds. The van der Waals surface area contributed by atoms with E-state index in [0.717, 1.165) is 19.3 Å². The average Bonchev–Trinajstić information content (AvgIpc) is 2.88. The number of nitrogens with two attached hydrogens (primary N) is 1. The van der Waals surface area contributed by atoms with E-state index >= 15 is 0 Å². The fourth-order valence-corrected chi connectivity index (χ4v) is 2.91. The first kappa shape index (κ1) is 14.6. The Balaban J connectivity index is 1.77. The summed E-state index contributed by atoms with van der Waals surface area (Å²) in [6, 6.07) is 3.18. The number of aromatic nitrogens is 2. The van der Waals surface area contributed by atoms with Gasteiger partial charge in [0.1, 0.15) is 0 Å². The lowest BCUT2D eigenvalue weighted by Crippen LogP contribution is -2.26. The molecule has 1 aromatic heterocycles. The Hall–Kier alpha value is -0.830. The highest BCUT2D eigenvalue weighted by atomic mass is 15.3. The molecule has 0 radical (unpaired) electrons. The van der Waals surface area contributed by atoms with Gasteiger partial charge in [-0.05, 0) is 44.1 Å². The summed E-state index contributed by atoms with van der Waals surface area (Å²) in [5, 5.41) is 4.75. The minimum atomic E-state index is 0.334. The molecule has 1 fully saturated rings. The van der Waals surface area contributed by atoms with Gasteiger partial charge in [0.15, 0.2) is 0 Å². The maximum absolute atomic E-state index is 6.08.